The van der Waals surface area contributed by atoms with Gasteiger partial charge >= 0.3 is 12.1 Å². The normalized spacial score (nSPS) is 21.8. The number of esters is 1. The Bertz CT molecular complexity index is 1200. The number of cyclic esters (lactones) is 1. The first-order valence-corrected chi connectivity index (χ1v) is 12.7. The summed E-state index contributed by atoms with van der Waals surface area (Å²) in [7, 11) is 1.70. The van der Waals surface area contributed by atoms with E-state index < -0.39 is 6.09 Å². The van der Waals surface area contributed by atoms with Gasteiger partial charge in [0.15, 0.2) is 0 Å². The number of rotatable bonds is 3. The maximum Gasteiger partial charge on any atom is 0.415 e. The molecule has 2 aromatic carbocycles. The largest absolute Gasteiger partial charge is 0.464 e. The van der Waals surface area contributed by atoms with Crippen molar-refractivity contribution >= 4 is 22.8 Å². The summed E-state index contributed by atoms with van der Waals surface area (Å²) in [5.74, 6) is 0.308. The molecular weight excluding hydrogens is 474 g/mol. The Balaban J connectivity index is 1.41. The zero-order valence-electron chi connectivity index (χ0n) is 21.6. The van der Waals surface area contributed by atoms with E-state index in [9.17, 15) is 9.59 Å². The van der Waals surface area contributed by atoms with E-state index in [1.54, 1.807) is 17.8 Å². The summed E-state index contributed by atoms with van der Waals surface area (Å²) in [5.41, 5.74) is 0.689. The molecule has 0 unspecified atom stereocenters. The summed E-state index contributed by atoms with van der Waals surface area (Å²) < 4.78 is 19.0. The minimum atomic E-state index is -0.461. The third kappa shape index (κ3) is 7.74. The highest BCUT2D eigenvalue weighted by atomic mass is 16.6. The van der Waals surface area contributed by atoms with Crippen molar-refractivity contribution in [2.24, 2.45) is 5.92 Å². The molecule has 1 N–H and O–H groups in total. The molecule has 0 fully saturated rings. The number of benzene rings is 2. The molecule has 1 aliphatic heterocycles. The highest BCUT2D eigenvalue weighted by Crippen LogP contribution is 2.21. The SMILES string of the molecule is C[C@H]1COC(=O)CCCn2cc(nn2)CO[C@@H](CN(C)C(=O)Oc2ccc3ccccc3c2)[C@@H](C)CN1. The molecular formula is C27H35N5O5. The molecule has 0 aliphatic carbocycles. The van der Waals surface area contributed by atoms with Crippen LogP contribution in [0.15, 0.2) is 48.7 Å². The maximum absolute atomic E-state index is 12.9. The standard InChI is InChI=1S/C27H35N5O5/c1-19-14-28-20(2)17-36-26(33)9-6-12-32-15-23(29-30-32)18-35-25(19)16-31(3)27(34)37-24-11-10-21-7-4-5-8-22(21)13-24/h4-5,7-8,10-11,13,15,19-20,25,28H,6,9,12,14,16-18H2,1-3H3/t19-,20-,25-/m0/s1. The van der Waals surface area contributed by atoms with Crippen LogP contribution < -0.4 is 10.1 Å². The monoisotopic (exact) mass is 509 g/mol. The smallest absolute Gasteiger partial charge is 0.415 e. The number of aryl methyl sites for hydroxylation is 1. The van der Waals surface area contributed by atoms with E-state index in [4.69, 9.17) is 14.2 Å². The topological polar surface area (TPSA) is 108 Å². The Morgan fingerprint density at radius 3 is 2.86 bits per heavy atom. The van der Waals surface area contributed by atoms with Gasteiger partial charge in [0.2, 0.25) is 0 Å². The molecule has 0 saturated heterocycles. The van der Waals surface area contributed by atoms with Gasteiger partial charge in [0.1, 0.15) is 18.1 Å². The van der Waals surface area contributed by atoms with Crippen molar-refractivity contribution in [1.82, 2.24) is 25.2 Å². The second-order valence-electron chi connectivity index (χ2n) is 9.65. The van der Waals surface area contributed by atoms with Crippen molar-refractivity contribution in [3.8, 4) is 5.75 Å². The number of nitrogens with one attached hydrogen (secondary N) is 1. The molecule has 10 nitrogen and oxygen atoms in total. The third-order valence-corrected chi connectivity index (χ3v) is 6.41. The number of hydrogen-bond acceptors (Lipinski definition) is 8. The Kier molecular flexibility index (Phi) is 9.08. The molecule has 4 rings (SSSR count). The van der Waals surface area contributed by atoms with E-state index in [0.717, 1.165) is 10.8 Å². The summed E-state index contributed by atoms with van der Waals surface area (Å²) in [6.07, 6.45) is 2.01. The van der Waals surface area contributed by atoms with Crippen molar-refractivity contribution in [1.29, 1.82) is 0 Å². The molecule has 0 spiro atoms. The van der Waals surface area contributed by atoms with Gasteiger partial charge < -0.3 is 24.4 Å². The Morgan fingerprint density at radius 1 is 1.22 bits per heavy atom. The van der Waals surface area contributed by atoms with Gasteiger partial charge in [-0.05, 0) is 42.2 Å². The first-order valence-electron chi connectivity index (χ1n) is 12.7. The van der Waals surface area contributed by atoms with Crippen molar-refractivity contribution in [2.75, 3.05) is 26.7 Å². The van der Waals surface area contributed by atoms with Gasteiger partial charge in [-0.25, -0.2) is 4.79 Å². The summed E-state index contributed by atoms with van der Waals surface area (Å²) >= 11 is 0. The lowest BCUT2D eigenvalue weighted by Crippen LogP contribution is -2.44. The number of likely N-dealkylation sites (N-methyl/N-ethyl adjacent to an activating group) is 1. The van der Waals surface area contributed by atoms with Crippen LogP contribution in [0.25, 0.3) is 10.8 Å². The molecule has 1 amide bonds. The lowest BCUT2D eigenvalue weighted by molar-refractivity contribution is -0.144. The molecule has 2 bridgehead atoms. The molecule has 1 aromatic heterocycles. The molecule has 37 heavy (non-hydrogen) atoms. The number of carbonyl (C=O) groups is 2. The van der Waals surface area contributed by atoms with Crippen LogP contribution in [0, 0.1) is 5.92 Å². The minimum Gasteiger partial charge on any atom is -0.464 e. The van der Waals surface area contributed by atoms with Crippen LogP contribution in [-0.2, 0) is 27.4 Å². The lowest BCUT2D eigenvalue weighted by Gasteiger charge is -2.29. The summed E-state index contributed by atoms with van der Waals surface area (Å²) in [6.45, 7) is 6.09. The Morgan fingerprint density at radius 2 is 2.03 bits per heavy atom. The lowest BCUT2D eigenvalue weighted by atomic mass is 10.0. The fraction of sp³-hybridized carbons (Fsp3) is 0.481. The number of fused-ring (bicyclic) bond motifs is 3. The predicted octanol–water partition coefficient (Wildman–Crippen LogP) is 3.40. The van der Waals surface area contributed by atoms with Crippen LogP contribution in [0.5, 0.6) is 5.75 Å². The van der Waals surface area contributed by atoms with Gasteiger partial charge in [0.25, 0.3) is 0 Å². The van der Waals surface area contributed by atoms with E-state index >= 15 is 0 Å². The average Bonchev–Trinajstić information content (AvgIpc) is 3.35. The van der Waals surface area contributed by atoms with Crippen molar-refractivity contribution in [2.45, 2.75) is 52.0 Å². The molecule has 198 valence electrons. The van der Waals surface area contributed by atoms with Crippen LogP contribution in [0.3, 0.4) is 0 Å². The Labute approximate surface area is 216 Å². The maximum atomic E-state index is 12.9. The second-order valence-corrected chi connectivity index (χ2v) is 9.65. The number of aromatic nitrogens is 3. The van der Waals surface area contributed by atoms with Gasteiger partial charge in [0.05, 0.1) is 25.5 Å². The molecule has 3 aromatic rings. The minimum absolute atomic E-state index is 0.0109. The summed E-state index contributed by atoms with van der Waals surface area (Å²) in [4.78, 5) is 26.4. The van der Waals surface area contributed by atoms with Crippen molar-refractivity contribution in [3.05, 3.63) is 54.4 Å². The van der Waals surface area contributed by atoms with Crippen LogP contribution in [0.1, 0.15) is 32.4 Å². The van der Waals surface area contributed by atoms with E-state index in [1.807, 2.05) is 49.5 Å². The summed E-state index contributed by atoms with van der Waals surface area (Å²) in [6, 6.07) is 13.5. The van der Waals surface area contributed by atoms with E-state index in [-0.39, 0.29) is 30.6 Å². The number of ether oxygens (including phenoxy) is 3. The quantitative estimate of drug-likeness (QED) is 0.536. The van der Waals surface area contributed by atoms with Gasteiger partial charge in [-0.15, -0.1) is 5.10 Å². The highest BCUT2D eigenvalue weighted by Gasteiger charge is 2.24. The molecule has 3 atom stereocenters. The third-order valence-electron chi connectivity index (χ3n) is 6.41. The highest BCUT2D eigenvalue weighted by molar-refractivity contribution is 5.84. The molecule has 0 radical (unpaired) electrons. The van der Waals surface area contributed by atoms with Crippen LogP contribution in [0.2, 0.25) is 0 Å². The van der Waals surface area contributed by atoms with Crippen LogP contribution in [-0.4, -0.2) is 70.8 Å². The number of amides is 1. The van der Waals surface area contributed by atoms with Gasteiger partial charge in [0, 0.05) is 32.6 Å². The zero-order chi connectivity index (χ0) is 26.2. The first-order chi connectivity index (χ1) is 17.9. The summed E-state index contributed by atoms with van der Waals surface area (Å²) in [5, 5.41) is 13.8. The van der Waals surface area contributed by atoms with Crippen LogP contribution in [0.4, 0.5) is 4.79 Å². The van der Waals surface area contributed by atoms with E-state index in [0.29, 0.717) is 50.5 Å². The van der Waals surface area contributed by atoms with E-state index in [1.165, 1.54) is 4.90 Å². The molecule has 2 heterocycles. The van der Waals surface area contributed by atoms with Gasteiger partial charge in [-0.3, -0.25) is 9.48 Å². The molecule has 0 saturated carbocycles. The number of hydrogen-bond donors (Lipinski definition) is 1. The van der Waals surface area contributed by atoms with Crippen molar-refractivity contribution in [3.63, 3.8) is 0 Å². The van der Waals surface area contributed by atoms with Crippen LogP contribution >= 0.6 is 0 Å². The number of nitrogens with zero attached hydrogens (tertiary/aromatic N) is 4. The predicted molar refractivity (Wildman–Crippen MR) is 138 cm³/mol. The fourth-order valence-corrected chi connectivity index (χ4v) is 4.11. The van der Waals surface area contributed by atoms with Gasteiger partial charge in [-0.2, -0.15) is 0 Å². The fourth-order valence-electron chi connectivity index (χ4n) is 4.11. The molecule has 10 heteroatoms. The Hall–Kier alpha value is -3.50. The average molecular weight is 510 g/mol. The second kappa shape index (κ2) is 12.6. The van der Waals surface area contributed by atoms with Crippen molar-refractivity contribution < 1.29 is 23.8 Å². The van der Waals surface area contributed by atoms with E-state index in [2.05, 4.69) is 22.6 Å². The number of carbonyl (C=O) groups excluding carboxylic acids is 2. The first kappa shape index (κ1) is 26.6. The molecule has 1 aliphatic rings. The van der Waals surface area contributed by atoms with Gasteiger partial charge in [-0.1, -0.05) is 42.5 Å². The zero-order valence-corrected chi connectivity index (χ0v) is 21.6.